The minimum absolute atomic E-state index is 0.122. The van der Waals surface area contributed by atoms with Gasteiger partial charge in [0.25, 0.3) is 5.91 Å². The molecule has 6 heteroatoms. The van der Waals surface area contributed by atoms with E-state index in [1.165, 1.54) is 11.3 Å². The lowest BCUT2D eigenvalue weighted by Gasteiger charge is -2.00. The summed E-state index contributed by atoms with van der Waals surface area (Å²) < 4.78 is 6.20. The van der Waals surface area contributed by atoms with Gasteiger partial charge in [-0.2, -0.15) is 0 Å². The molecule has 0 saturated carbocycles. The van der Waals surface area contributed by atoms with Gasteiger partial charge in [-0.15, -0.1) is 11.3 Å². The summed E-state index contributed by atoms with van der Waals surface area (Å²) in [6.07, 6.45) is 2.49. The first-order valence-electron chi connectivity index (χ1n) is 5.15. The van der Waals surface area contributed by atoms with Crippen molar-refractivity contribution < 1.29 is 9.21 Å². The van der Waals surface area contributed by atoms with Crippen molar-refractivity contribution in [2.75, 3.05) is 0 Å². The average molecular weight is 315 g/mol. The van der Waals surface area contributed by atoms with E-state index in [0.717, 1.165) is 16.7 Å². The molecule has 4 nitrogen and oxygen atoms in total. The Kier molecular flexibility index (Phi) is 3.96. The van der Waals surface area contributed by atoms with E-state index in [1.807, 2.05) is 18.4 Å². The fourth-order valence-electron chi connectivity index (χ4n) is 1.29. The lowest BCUT2D eigenvalue weighted by atomic mass is 10.4. The second-order valence-electron chi connectivity index (χ2n) is 3.35. The van der Waals surface area contributed by atoms with Crippen LogP contribution < -0.4 is 5.32 Å². The first-order chi connectivity index (χ1) is 8.20. The first kappa shape index (κ1) is 12.3. The zero-order chi connectivity index (χ0) is 12.3. The second-order valence-corrected chi connectivity index (χ2v) is 5.12. The van der Waals surface area contributed by atoms with Crippen LogP contribution in [0.25, 0.3) is 0 Å². The lowest BCUT2D eigenvalue weighted by Crippen LogP contribution is -2.22. The minimum atomic E-state index is -0.122. The van der Waals surface area contributed by atoms with Gasteiger partial charge in [0.1, 0.15) is 10.6 Å². The Morgan fingerprint density at radius 3 is 3.06 bits per heavy atom. The van der Waals surface area contributed by atoms with Crippen LogP contribution in [0.5, 0.6) is 0 Å². The predicted molar refractivity (Wildman–Crippen MR) is 69.1 cm³/mol. The smallest absolute Gasteiger partial charge is 0.262 e. The molecular formula is C11H11BrN2O2S. The van der Waals surface area contributed by atoms with E-state index in [0.29, 0.717) is 17.3 Å². The Hall–Kier alpha value is -1.14. The van der Waals surface area contributed by atoms with Gasteiger partial charge >= 0.3 is 0 Å². The highest BCUT2D eigenvalue weighted by molar-refractivity contribution is 9.10. The fraction of sp³-hybridized carbons (Fsp3) is 0.273. The predicted octanol–water partition coefficient (Wildman–Crippen LogP) is 2.99. The number of aromatic nitrogens is 1. The molecule has 0 radical (unpaired) electrons. The molecule has 0 aliphatic rings. The van der Waals surface area contributed by atoms with Crippen molar-refractivity contribution in [2.24, 2.45) is 0 Å². The molecule has 0 unspecified atom stereocenters. The molecule has 0 saturated heterocycles. The molecule has 0 aromatic carbocycles. The van der Waals surface area contributed by atoms with Crippen molar-refractivity contribution in [1.29, 1.82) is 0 Å². The van der Waals surface area contributed by atoms with Crippen LogP contribution in [0, 0.1) is 0 Å². The summed E-state index contributed by atoms with van der Waals surface area (Å²) in [6, 6.07) is 1.85. The molecule has 2 aromatic heterocycles. The third-order valence-corrected chi connectivity index (χ3v) is 4.01. The van der Waals surface area contributed by atoms with Crippen molar-refractivity contribution in [3.63, 3.8) is 0 Å². The molecule has 2 aromatic rings. The highest BCUT2D eigenvalue weighted by atomic mass is 79.9. The van der Waals surface area contributed by atoms with Crippen LogP contribution in [0.3, 0.4) is 0 Å². The summed E-state index contributed by atoms with van der Waals surface area (Å²) in [5, 5.41) is 4.63. The van der Waals surface area contributed by atoms with E-state index in [4.69, 9.17) is 4.42 Å². The van der Waals surface area contributed by atoms with Crippen LogP contribution in [0.1, 0.15) is 28.2 Å². The number of halogens is 1. The number of hydrogen-bond donors (Lipinski definition) is 1. The van der Waals surface area contributed by atoms with Gasteiger partial charge in [0.15, 0.2) is 0 Å². The van der Waals surface area contributed by atoms with E-state index >= 15 is 0 Å². The van der Waals surface area contributed by atoms with Crippen molar-refractivity contribution in [3.8, 4) is 0 Å². The maximum absolute atomic E-state index is 11.8. The Bertz CT molecular complexity index is 521. The molecule has 2 rings (SSSR count). The maximum Gasteiger partial charge on any atom is 0.262 e. The SMILES string of the molecule is CCc1cnc(CNC(=O)c2sccc2Br)o1. The molecule has 0 bridgehead atoms. The van der Waals surface area contributed by atoms with E-state index in [1.54, 1.807) is 6.20 Å². The Labute approximate surface area is 111 Å². The van der Waals surface area contributed by atoms with Gasteiger partial charge < -0.3 is 9.73 Å². The number of rotatable bonds is 4. The molecular weight excluding hydrogens is 304 g/mol. The first-order valence-corrected chi connectivity index (χ1v) is 6.82. The van der Waals surface area contributed by atoms with Crippen molar-refractivity contribution in [1.82, 2.24) is 10.3 Å². The van der Waals surface area contributed by atoms with E-state index < -0.39 is 0 Å². The zero-order valence-corrected chi connectivity index (χ0v) is 11.6. The average Bonchev–Trinajstić information content (AvgIpc) is 2.94. The monoisotopic (exact) mass is 314 g/mol. The molecule has 1 N–H and O–H groups in total. The standard InChI is InChI=1S/C11H11BrN2O2S/c1-2-7-5-13-9(16-7)6-14-11(15)10-8(12)3-4-17-10/h3-5H,2,6H2,1H3,(H,14,15). The summed E-state index contributed by atoms with van der Waals surface area (Å²) in [7, 11) is 0. The summed E-state index contributed by atoms with van der Waals surface area (Å²) in [6.45, 7) is 2.30. The Morgan fingerprint density at radius 2 is 2.47 bits per heavy atom. The Balaban J connectivity index is 1.94. The van der Waals surface area contributed by atoms with E-state index in [2.05, 4.69) is 26.2 Å². The largest absolute Gasteiger partial charge is 0.444 e. The topological polar surface area (TPSA) is 55.1 Å². The lowest BCUT2D eigenvalue weighted by molar-refractivity contribution is 0.0950. The van der Waals surface area contributed by atoms with Gasteiger partial charge in [0, 0.05) is 10.9 Å². The number of carbonyl (C=O) groups is 1. The summed E-state index contributed by atoms with van der Waals surface area (Å²) >= 11 is 4.71. The quantitative estimate of drug-likeness (QED) is 0.943. The Morgan fingerprint density at radius 1 is 1.65 bits per heavy atom. The third kappa shape index (κ3) is 2.95. The minimum Gasteiger partial charge on any atom is -0.444 e. The van der Waals surface area contributed by atoms with Crippen LogP contribution in [-0.2, 0) is 13.0 Å². The maximum atomic E-state index is 11.8. The van der Waals surface area contributed by atoms with Crippen LogP contribution in [-0.4, -0.2) is 10.9 Å². The van der Waals surface area contributed by atoms with Crippen LogP contribution in [0.15, 0.2) is 26.5 Å². The third-order valence-electron chi connectivity index (χ3n) is 2.17. The van der Waals surface area contributed by atoms with Crippen molar-refractivity contribution in [3.05, 3.63) is 38.6 Å². The molecule has 0 fully saturated rings. The molecule has 0 aliphatic heterocycles. The number of nitrogens with one attached hydrogen (secondary N) is 1. The van der Waals surface area contributed by atoms with Crippen molar-refractivity contribution in [2.45, 2.75) is 19.9 Å². The molecule has 2 heterocycles. The number of amides is 1. The number of hydrogen-bond acceptors (Lipinski definition) is 4. The van der Waals surface area contributed by atoms with Gasteiger partial charge in [0.2, 0.25) is 5.89 Å². The second kappa shape index (κ2) is 5.46. The van der Waals surface area contributed by atoms with Crippen LogP contribution in [0.2, 0.25) is 0 Å². The molecule has 17 heavy (non-hydrogen) atoms. The summed E-state index contributed by atoms with van der Waals surface area (Å²) in [5.74, 6) is 1.23. The molecule has 90 valence electrons. The van der Waals surface area contributed by atoms with Gasteiger partial charge in [0.05, 0.1) is 12.7 Å². The van der Waals surface area contributed by atoms with Gasteiger partial charge in [-0.25, -0.2) is 4.98 Å². The van der Waals surface area contributed by atoms with E-state index in [9.17, 15) is 4.79 Å². The summed E-state index contributed by atoms with van der Waals surface area (Å²) in [5.41, 5.74) is 0. The number of nitrogens with zero attached hydrogens (tertiary/aromatic N) is 1. The van der Waals surface area contributed by atoms with E-state index in [-0.39, 0.29) is 5.91 Å². The summed E-state index contributed by atoms with van der Waals surface area (Å²) in [4.78, 5) is 16.5. The normalized spacial score (nSPS) is 10.5. The number of aryl methyl sites for hydroxylation is 1. The molecule has 1 amide bonds. The van der Waals surface area contributed by atoms with Gasteiger partial charge in [-0.05, 0) is 27.4 Å². The van der Waals surface area contributed by atoms with Gasteiger partial charge in [-0.1, -0.05) is 6.92 Å². The number of oxazole rings is 1. The zero-order valence-electron chi connectivity index (χ0n) is 9.20. The molecule has 0 spiro atoms. The molecule has 0 aliphatic carbocycles. The number of carbonyl (C=O) groups excluding carboxylic acids is 1. The van der Waals surface area contributed by atoms with Gasteiger partial charge in [-0.3, -0.25) is 4.79 Å². The highest BCUT2D eigenvalue weighted by Gasteiger charge is 2.12. The molecule has 0 atom stereocenters. The number of thiophene rings is 1. The highest BCUT2D eigenvalue weighted by Crippen LogP contribution is 2.22. The fourth-order valence-corrected chi connectivity index (χ4v) is 2.75. The van der Waals surface area contributed by atoms with Crippen LogP contribution >= 0.6 is 27.3 Å². The van der Waals surface area contributed by atoms with Crippen molar-refractivity contribution >= 4 is 33.2 Å². The van der Waals surface area contributed by atoms with Crippen LogP contribution in [0.4, 0.5) is 0 Å².